The maximum Gasteiger partial charge on any atom is 0.240 e. The van der Waals surface area contributed by atoms with E-state index in [-0.39, 0.29) is 30.4 Å². The Bertz CT molecular complexity index is 1070. The van der Waals surface area contributed by atoms with Crippen LogP contribution >= 0.6 is 0 Å². The summed E-state index contributed by atoms with van der Waals surface area (Å²) in [5.41, 5.74) is 3.15. The molecule has 8 heteroatoms. The van der Waals surface area contributed by atoms with Crippen LogP contribution in [0.3, 0.4) is 0 Å². The quantitative estimate of drug-likeness (QED) is 0.565. The second kappa shape index (κ2) is 8.55. The fraction of sp³-hybridized carbons (Fsp3) is 0.250. The molecule has 3 aromatic rings. The number of sulfonamides is 1. The number of ether oxygens (including phenoxy) is 1. The number of amides is 1. The molecule has 2 N–H and O–H groups in total. The van der Waals surface area contributed by atoms with Crippen molar-refractivity contribution in [3.05, 3.63) is 59.9 Å². The van der Waals surface area contributed by atoms with E-state index in [4.69, 9.17) is 9.15 Å². The molecule has 0 radical (unpaired) electrons. The predicted molar refractivity (Wildman–Crippen MR) is 107 cm³/mol. The molecule has 0 aliphatic heterocycles. The molecular formula is C20H22N2O5S. The van der Waals surface area contributed by atoms with Gasteiger partial charge in [-0.2, -0.15) is 0 Å². The topological polar surface area (TPSA) is 97.6 Å². The number of hydrogen-bond acceptors (Lipinski definition) is 5. The summed E-state index contributed by atoms with van der Waals surface area (Å²) in [6.07, 6.45) is 1.75. The molecule has 0 saturated heterocycles. The van der Waals surface area contributed by atoms with Gasteiger partial charge >= 0.3 is 0 Å². The molecule has 1 heterocycles. The lowest BCUT2D eigenvalue weighted by atomic mass is 10.1. The summed E-state index contributed by atoms with van der Waals surface area (Å²) in [6.45, 7) is 2.45. The maximum atomic E-state index is 12.3. The third kappa shape index (κ3) is 4.78. The smallest absolute Gasteiger partial charge is 0.240 e. The van der Waals surface area contributed by atoms with Gasteiger partial charge in [-0.25, -0.2) is 13.1 Å². The average molecular weight is 402 g/mol. The predicted octanol–water partition coefficient (Wildman–Crippen LogP) is 2.85. The fourth-order valence-corrected chi connectivity index (χ4v) is 3.80. The van der Waals surface area contributed by atoms with Gasteiger partial charge in [-0.1, -0.05) is 12.1 Å². The van der Waals surface area contributed by atoms with Crippen LogP contribution in [0.2, 0.25) is 0 Å². The van der Waals surface area contributed by atoms with Gasteiger partial charge in [0, 0.05) is 30.3 Å². The Morgan fingerprint density at radius 3 is 2.61 bits per heavy atom. The first-order chi connectivity index (χ1) is 13.4. The van der Waals surface area contributed by atoms with Gasteiger partial charge in [0.15, 0.2) is 0 Å². The van der Waals surface area contributed by atoms with Crippen molar-refractivity contribution >= 4 is 32.6 Å². The van der Waals surface area contributed by atoms with E-state index in [1.807, 2.05) is 25.1 Å². The number of anilines is 1. The van der Waals surface area contributed by atoms with E-state index < -0.39 is 10.0 Å². The molecule has 7 nitrogen and oxygen atoms in total. The molecule has 0 fully saturated rings. The Labute approximate surface area is 163 Å². The van der Waals surface area contributed by atoms with Gasteiger partial charge in [0.25, 0.3) is 0 Å². The Hall–Kier alpha value is -2.68. The zero-order valence-corrected chi connectivity index (χ0v) is 16.5. The number of benzene rings is 2. The largest absolute Gasteiger partial charge is 0.464 e. The number of nitrogens with one attached hydrogen (secondary N) is 2. The molecule has 0 unspecified atom stereocenters. The van der Waals surface area contributed by atoms with Crippen LogP contribution in [0.15, 0.2) is 58.0 Å². The summed E-state index contributed by atoms with van der Waals surface area (Å²) in [5.74, 6) is -0.211. The van der Waals surface area contributed by atoms with Crippen molar-refractivity contribution in [3.8, 4) is 0 Å². The molecule has 0 saturated carbocycles. The first-order valence-electron chi connectivity index (χ1n) is 8.74. The summed E-state index contributed by atoms with van der Waals surface area (Å²) in [5, 5.41) is 3.68. The van der Waals surface area contributed by atoms with Gasteiger partial charge in [-0.3, -0.25) is 4.79 Å². The second-order valence-corrected chi connectivity index (χ2v) is 8.17. The van der Waals surface area contributed by atoms with Crippen molar-refractivity contribution < 1.29 is 22.4 Å². The Morgan fingerprint density at radius 1 is 1.14 bits per heavy atom. The van der Waals surface area contributed by atoms with Gasteiger partial charge in [0.1, 0.15) is 5.58 Å². The minimum absolute atomic E-state index is 0.123. The second-order valence-electron chi connectivity index (χ2n) is 6.40. The first kappa shape index (κ1) is 20.1. The summed E-state index contributed by atoms with van der Waals surface area (Å²) in [4.78, 5) is 12.5. The molecule has 0 spiro atoms. The van der Waals surface area contributed by atoms with Crippen molar-refractivity contribution in [2.45, 2.75) is 18.2 Å². The fourth-order valence-electron chi connectivity index (χ4n) is 2.78. The highest BCUT2D eigenvalue weighted by molar-refractivity contribution is 7.89. The van der Waals surface area contributed by atoms with Gasteiger partial charge in [0.05, 0.1) is 24.2 Å². The van der Waals surface area contributed by atoms with E-state index in [9.17, 15) is 13.2 Å². The molecule has 1 amide bonds. The standard InChI is InChI=1S/C20H22N2O5S/c1-14-3-8-18-15(13-27-19(18)11-14)12-20(23)22-16-4-6-17(7-5-16)28(24,25)21-9-10-26-2/h3-8,11,13,21H,9-10,12H2,1-2H3,(H,22,23). The lowest BCUT2D eigenvalue weighted by Gasteiger charge is -2.08. The molecule has 28 heavy (non-hydrogen) atoms. The molecule has 148 valence electrons. The highest BCUT2D eigenvalue weighted by Gasteiger charge is 2.14. The SMILES string of the molecule is COCCNS(=O)(=O)c1ccc(NC(=O)Cc2coc3cc(C)ccc23)cc1. The van der Waals surface area contributed by atoms with Gasteiger partial charge < -0.3 is 14.5 Å². The van der Waals surface area contributed by atoms with Crippen LogP contribution in [0.25, 0.3) is 11.0 Å². The van der Waals surface area contributed by atoms with Gasteiger partial charge in [0.2, 0.25) is 15.9 Å². The lowest BCUT2D eigenvalue weighted by Crippen LogP contribution is -2.27. The van der Waals surface area contributed by atoms with Crippen molar-refractivity contribution in [2.75, 3.05) is 25.6 Å². The normalized spacial score (nSPS) is 11.6. The molecule has 1 aromatic heterocycles. The monoisotopic (exact) mass is 402 g/mol. The first-order valence-corrected chi connectivity index (χ1v) is 10.2. The number of carbonyl (C=O) groups is 1. The number of fused-ring (bicyclic) bond motifs is 1. The van der Waals surface area contributed by atoms with Crippen LogP contribution < -0.4 is 10.0 Å². The minimum Gasteiger partial charge on any atom is -0.464 e. The maximum absolute atomic E-state index is 12.3. The third-order valence-electron chi connectivity index (χ3n) is 4.21. The molecule has 0 aliphatic rings. The van der Waals surface area contributed by atoms with E-state index >= 15 is 0 Å². The number of carbonyl (C=O) groups excluding carboxylic acids is 1. The Balaban J connectivity index is 1.64. The van der Waals surface area contributed by atoms with Crippen molar-refractivity contribution in [3.63, 3.8) is 0 Å². The molecule has 0 bridgehead atoms. The van der Waals surface area contributed by atoms with Crippen LogP contribution in [0, 0.1) is 6.92 Å². The van der Waals surface area contributed by atoms with E-state index in [2.05, 4.69) is 10.0 Å². The van der Waals surface area contributed by atoms with Gasteiger partial charge in [-0.05, 0) is 42.8 Å². The highest BCUT2D eigenvalue weighted by Crippen LogP contribution is 2.23. The minimum atomic E-state index is -3.60. The number of furan rings is 1. The van der Waals surface area contributed by atoms with Crippen LogP contribution in [0.4, 0.5) is 5.69 Å². The van der Waals surface area contributed by atoms with E-state index in [0.717, 1.165) is 22.1 Å². The number of methoxy groups -OCH3 is 1. The van der Waals surface area contributed by atoms with Crippen LogP contribution in [0.1, 0.15) is 11.1 Å². The van der Waals surface area contributed by atoms with E-state index in [1.165, 1.54) is 19.2 Å². The Kier molecular flexibility index (Phi) is 6.13. The Morgan fingerprint density at radius 2 is 1.89 bits per heavy atom. The van der Waals surface area contributed by atoms with Crippen molar-refractivity contribution in [1.29, 1.82) is 0 Å². The molecule has 2 aromatic carbocycles. The average Bonchev–Trinajstić information content (AvgIpc) is 3.04. The van der Waals surface area contributed by atoms with Crippen LogP contribution in [-0.4, -0.2) is 34.6 Å². The van der Waals surface area contributed by atoms with Gasteiger partial charge in [-0.15, -0.1) is 0 Å². The van der Waals surface area contributed by atoms with E-state index in [1.54, 1.807) is 18.4 Å². The zero-order chi connectivity index (χ0) is 20.1. The van der Waals surface area contributed by atoms with E-state index in [0.29, 0.717) is 5.69 Å². The highest BCUT2D eigenvalue weighted by atomic mass is 32.2. The summed E-state index contributed by atoms with van der Waals surface area (Å²) in [7, 11) is -2.10. The molecule has 0 aliphatic carbocycles. The number of aryl methyl sites for hydroxylation is 1. The van der Waals surface area contributed by atoms with Crippen molar-refractivity contribution in [2.24, 2.45) is 0 Å². The van der Waals surface area contributed by atoms with Crippen molar-refractivity contribution in [1.82, 2.24) is 4.72 Å². The lowest BCUT2D eigenvalue weighted by molar-refractivity contribution is -0.115. The summed E-state index contributed by atoms with van der Waals surface area (Å²) >= 11 is 0. The zero-order valence-electron chi connectivity index (χ0n) is 15.7. The molecular weight excluding hydrogens is 380 g/mol. The van der Waals surface area contributed by atoms with Crippen LogP contribution in [0.5, 0.6) is 0 Å². The summed E-state index contributed by atoms with van der Waals surface area (Å²) < 4.78 is 37.1. The number of hydrogen-bond donors (Lipinski definition) is 2. The molecule has 3 rings (SSSR count). The number of rotatable bonds is 8. The summed E-state index contributed by atoms with van der Waals surface area (Å²) in [6, 6.07) is 11.8. The third-order valence-corrected chi connectivity index (χ3v) is 5.69. The molecule has 0 atom stereocenters. The van der Waals surface area contributed by atoms with Crippen LogP contribution in [-0.2, 0) is 26.0 Å².